The Morgan fingerprint density at radius 2 is 0.941 bits per heavy atom. The molecule has 0 aliphatic heterocycles. The maximum atomic E-state index is 13.1. The first-order chi connectivity index (χ1) is 24.8. The molecule has 10 heteroatoms. The van der Waals surface area contributed by atoms with E-state index < -0.39 is 5.97 Å². The fourth-order valence-corrected chi connectivity index (χ4v) is 5.44. The Hall–Kier alpha value is -5.36. The summed E-state index contributed by atoms with van der Waals surface area (Å²) in [5, 5.41) is 0. The van der Waals surface area contributed by atoms with E-state index in [4.69, 9.17) is 28.4 Å². The van der Waals surface area contributed by atoms with Crippen molar-refractivity contribution in [1.82, 2.24) is 0 Å². The highest BCUT2D eigenvalue weighted by atomic mass is 127. The van der Waals surface area contributed by atoms with Gasteiger partial charge in [0.1, 0.15) is 13.2 Å². The molecular weight excluding hydrogens is 763 g/mol. The molecule has 0 fully saturated rings. The van der Waals surface area contributed by atoms with Crippen LogP contribution in [-0.2, 0) is 22.7 Å². The van der Waals surface area contributed by atoms with Gasteiger partial charge in [0.15, 0.2) is 28.8 Å². The van der Waals surface area contributed by atoms with Crippen LogP contribution in [0.4, 0.5) is 0 Å². The number of carbonyl (C=O) groups is 3. The predicted molar refractivity (Wildman–Crippen MR) is 202 cm³/mol. The summed E-state index contributed by atoms with van der Waals surface area (Å²) in [4.78, 5) is 37.5. The molecule has 0 saturated heterocycles. The second-order valence-electron chi connectivity index (χ2n) is 10.7. The summed E-state index contributed by atoms with van der Waals surface area (Å²) in [7, 11) is 3.03. The van der Waals surface area contributed by atoms with Gasteiger partial charge in [0.25, 0.3) is 0 Å². The van der Waals surface area contributed by atoms with Gasteiger partial charge in [-0.15, -0.1) is 0 Å². The van der Waals surface area contributed by atoms with E-state index >= 15 is 0 Å². The third kappa shape index (κ3) is 10.8. The van der Waals surface area contributed by atoms with Crippen LogP contribution in [0.25, 0.3) is 0 Å². The van der Waals surface area contributed by atoms with Crippen LogP contribution in [0, 0.1) is 3.57 Å². The normalized spacial score (nSPS) is 10.2. The number of hydrogen-bond acceptors (Lipinski definition) is 9. The minimum Gasteiger partial charge on any atom is -0.493 e. The van der Waals surface area contributed by atoms with Crippen molar-refractivity contribution in [2.75, 3.05) is 27.4 Å². The van der Waals surface area contributed by atoms with Gasteiger partial charge in [-0.2, -0.15) is 0 Å². The molecule has 264 valence electrons. The highest BCUT2D eigenvalue weighted by Gasteiger charge is 2.24. The molecule has 0 N–H and O–H groups in total. The molecule has 0 unspecified atom stereocenters. The summed E-state index contributed by atoms with van der Waals surface area (Å²) in [5.74, 6) is 0.612. The molecular formula is C41H39IO9. The molecule has 0 bridgehead atoms. The first-order valence-corrected chi connectivity index (χ1v) is 17.2. The van der Waals surface area contributed by atoms with E-state index in [2.05, 4.69) is 22.6 Å². The monoisotopic (exact) mass is 802 g/mol. The van der Waals surface area contributed by atoms with Gasteiger partial charge in [-0.05, 0) is 71.8 Å². The second kappa shape index (κ2) is 19.7. The lowest BCUT2D eigenvalue weighted by atomic mass is 9.97. The van der Waals surface area contributed by atoms with Gasteiger partial charge in [-0.1, -0.05) is 91.0 Å². The second-order valence-corrected chi connectivity index (χ2v) is 11.9. The Labute approximate surface area is 311 Å². The van der Waals surface area contributed by atoms with E-state index in [9.17, 15) is 14.4 Å². The van der Waals surface area contributed by atoms with Gasteiger partial charge in [-0.3, -0.25) is 4.79 Å². The van der Waals surface area contributed by atoms with Crippen LogP contribution < -0.4 is 18.9 Å². The molecule has 0 aliphatic rings. The molecule has 5 rings (SSSR count). The number of ether oxygens (including phenoxy) is 6. The average molecular weight is 803 g/mol. The number of benzene rings is 5. The Bertz CT molecular complexity index is 1900. The van der Waals surface area contributed by atoms with Crippen molar-refractivity contribution in [3.05, 3.63) is 152 Å². The fraction of sp³-hybridized carbons (Fsp3) is 0.195. The first kappa shape index (κ1) is 38.4. The number of ketones is 1. The zero-order valence-corrected chi connectivity index (χ0v) is 31.0. The van der Waals surface area contributed by atoms with Crippen LogP contribution in [0.2, 0.25) is 0 Å². The number of rotatable bonds is 14. The Balaban J connectivity index is 0.000000238. The van der Waals surface area contributed by atoms with Crippen molar-refractivity contribution in [2.45, 2.75) is 27.1 Å². The molecule has 9 nitrogen and oxygen atoms in total. The summed E-state index contributed by atoms with van der Waals surface area (Å²) >= 11 is 2.09. The van der Waals surface area contributed by atoms with E-state index in [1.807, 2.05) is 66.7 Å². The number of esters is 2. The molecule has 0 spiro atoms. The molecule has 5 aromatic rings. The lowest BCUT2D eigenvalue weighted by molar-refractivity contribution is 0.0514. The summed E-state index contributed by atoms with van der Waals surface area (Å²) in [6.07, 6.45) is 0. The van der Waals surface area contributed by atoms with Crippen LogP contribution in [0.5, 0.6) is 23.0 Å². The number of methoxy groups -OCH3 is 2. The van der Waals surface area contributed by atoms with E-state index in [1.54, 1.807) is 63.4 Å². The largest absolute Gasteiger partial charge is 0.493 e. The van der Waals surface area contributed by atoms with Gasteiger partial charge in [0.2, 0.25) is 0 Å². The summed E-state index contributed by atoms with van der Waals surface area (Å²) < 4.78 is 33.4. The van der Waals surface area contributed by atoms with Gasteiger partial charge in [0, 0.05) is 14.7 Å². The third-order valence-electron chi connectivity index (χ3n) is 7.30. The van der Waals surface area contributed by atoms with Gasteiger partial charge in [-0.25, -0.2) is 9.59 Å². The summed E-state index contributed by atoms with van der Waals surface area (Å²) in [6, 6.07) is 34.8. The quantitative estimate of drug-likeness (QED) is 0.0619. The lowest BCUT2D eigenvalue weighted by Gasteiger charge is -2.15. The Kier molecular flexibility index (Phi) is 14.9. The molecule has 0 atom stereocenters. The van der Waals surface area contributed by atoms with Crippen LogP contribution in [0.1, 0.15) is 61.6 Å². The van der Waals surface area contributed by atoms with Crippen LogP contribution in [0.3, 0.4) is 0 Å². The third-order valence-corrected chi connectivity index (χ3v) is 8.20. The minimum atomic E-state index is -0.584. The lowest BCUT2D eigenvalue weighted by Crippen LogP contribution is -2.14. The van der Waals surface area contributed by atoms with Crippen molar-refractivity contribution in [3.63, 3.8) is 0 Å². The van der Waals surface area contributed by atoms with Gasteiger partial charge < -0.3 is 28.4 Å². The standard InChI is InChI=1S/C24H22O5.C17H17IO4/c1-3-28-24(26)20-15-21(27-2)22(29-16-17-10-6-4-7-11-17)14-19(20)23(25)18-12-8-5-9-13-18;1-3-21-17(19)13-9-15(20-2)16(10-14(13)18)22-11-12-7-5-4-6-8-12/h4-15H,3,16H2,1-2H3;4-10H,3,11H2,1-2H3. The molecule has 0 saturated carbocycles. The highest BCUT2D eigenvalue weighted by molar-refractivity contribution is 14.1. The van der Waals surface area contributed by atoms with E-state index in [1.165, 1.54) is 13.2 Å². The van der Waals surface area contributed by atoms with Gasteiger partial charge >= 0.3 is 11.9 Å². The van der Waals surface area contributed by atoms with Crippen molar-refractivity contribution >= 4 is 40.3 Å². The zero-order chi connectivity index (χ0) is 36.6. The molecule has 0 aliphatic carbocycles. The number of halogens is 1. The smallest absolute Gasteiger partial charge is 0.339 e. The van der Waals surface area contributed by atoms with Crippen LogP contribution in [0.15, 0.2) is 115 Å². The van der Waals surface area contributed by atoms with Crippen LogP contribution >= 0.6 is 22.6 Å². The molecule has 0 radical (unpaired) electrons. The molecule has 0 heterocycles. The summed E-state index contributed by atoms with van der Waals surface area (Å²) in [5.41, 5.74) is 3.33. The Morgan fingerprint density at radius 1 is 0.529 bits per heavy atom. The highest BCUT2D eigenvalue weighted by Crippen LogP contribution is 2.34. The van der Waals surface area contributed by atoms with E-state index in [0.717, 1.165) is 14.7 Å². The minimum absolute atomic E-state index is 0.143. The molecule has 0 amide bonds. The van der Waals surface area contributed by atoms with Crippen LogP contribution in [-0.4, -0.2) is 45.2 Å². The summed E-state index contributed by atoms with van der Waals surface area (Å²) in [6.45, 7) is 4.77. The van der Waals surface area contributed by atoms with E-state index in [-0.39, 0.29) is 29.5 Å². The predicted octanol–water partition coefficient (Wildman–Crippen LogP) is 8.74. The van der Waals surface area contributed by atoms with E-state index in [0.29, 0.717) is 53.9 Å². The van der Waals surface area contributed by atoms with Crippen molar-refractivity contribution < 1.29 is 42.8 Å². The number of hydrogen-bond donors (Lipinski definition) is 0. The fourth-order valence-electron chi connectivity index (χ4n) is 4.79. The first-order valence-electron chi connectivity index (χ1n) is 16.2. The maximum absolute atomic E-state index is 13.1. The zero-order valence-electron chi connectivity index (χ0n) is 28.9. The molecule has 0 aromatic heterocycles. The van der Waals surface area contributed by atoms with Crippen molar-refractivity contribution in [3.8, 4) is 23.0 Å². The maximum Gasteiger partial charge on any atom is 0.339 e. The van der Waals surface area contributed by atoms with Crippen molar-refractivity contribution in [1.29, 1.82) is 0 Å². The Morgan fingerprint density at radius 3 is 1.41 bits per heavy atom. The average Bonchev–Trinajstić information content (AvgIpc) is 3.17. The number of carbonyl (C=O) groups excluding carboxylic acids is 3. The van der Waals surface area contributed by atoms with Crippen molar-refractivity contribution in [2.24, 2.45) is 0 Å². The van der Waals surface area contributed by atoms with Gasteiger partial charge in [0.05, 0.1) is 38.6 Å². The molecule has 5 aromatic carbocycles. The molecule has 51 heavy (non-hydrogen) atoms. The SMILES string of the molecule is CCOC(=O)c1cc(OC)c(OCc2ccccc2)cc1C(=O)c1ccccc1.CCOC(=O)c1cc(OC)c(OCc2ccccc2)cc1I. The topological polar surface area (TPSA) is 107 Å².